The molecular formula is C18H28N2O4. The van der Waals surface area contributed by atoms with Crippen molar-refractivity contribution in [3.63, 3.8) is 0 Å². The van der Waals surface area contributed by atoms with Crippen LogP contribution in [0.25, 0.3) is 0 Å². The van der Waals surface area contributed by atoms with E-state index in [9.17, 15) is 14.7 Å². The molecule has 0 aliphatic carbocycles. The molecule has 0 radical (unpaired) electrons. The van der Waals surface area contributed by atoms with Crippen molar-refractivity contribution in [1.82, 2.24) is 5.32 Å². The molecule has 134 valence electrons. The monoisotopic (exact) mass is 336 g/mol. The first-order valence-electron chi connectivity index (χ1n) is 7.96. The number of amides is 1. The molecule has 6 heteroatoms. The van der Waals surface area contributed by atoms with Crippen LogP contribution in [0.15, 0.2) is 24.3 Å². The maximum atomic E-state index is 12.1. The molecule has 24 heavy (non-hydrogen) atoms. The van der Waals surface area contributed by atoms with Crippen molar-refractivity contribution in [3.05, 3.63) is 29.8 Å². The number of nitrogens with two attached hydrogens (primary N) is 1. The van der Waals surface area contributed by atoms with Gasteiger partial charge in [0.25, 0.3) is 0 Å². The van der Waals surface area contributed by atoms with Gasteiger partial charge in [0.15, 0.2) is 0 Å². The Morgan fingerprint density at radius 2 is 1.71 bits per heavy atom. The third kappa shape index (κ3) is 6.89. The number of hydrogen-bond donors (Lipinski definition) is 3. The van der Waals surface area contributed by atoms with Gasteiger partial charge in [0, 0.05) is 11.7 Å². The van der Waals surface area contributed by atoms with Crippen LogP contribution in [-0.2, 0) is 16.0 Å². The number of carbonyl (C=O) groups is 2. The molecule has 0 saturated heterocycles. The van der Waals surface area contributed by atoms with Crippen molar-refractivity contribution in [3.8, 4) is 0 Å². The number of benzene rings is 1. The second-order valence-electron chi connectivity index (χ2n) is 7.68. The normalized spacial score (nSPS) is 13.2. The van der Waals surface area contributed by atoms with Crippen LogP contribution < -0.4 is 11.1 Å². The van der Waals surface area contributed by atoms with Gasteiger partial charge in [-0.1, -0.05) is 12.1 Å². The number of carbonyl (C=O) groups excluding carboxylic acids is 1. The Bertz CT molecular complexity index is 574. The Hall–Kier alpha value is -2.24. The summed E-state index contributed by atoms with van der Waals surface area (Å²) in [5.74, 6) is -0.907. The number of anilines is 1. The van der Waals surface area contributed by atoms with E-state index < -0.39 is 23.1 Å². The zero-order chi connectivity index (χ0) is 18.5. The zero-order valence-corrected chi connectivity index (χ0v) is 15.1. The third-order valence-electron chi connectivity index (χ3n) is 3.52. The van der Waals surface area contributed by atoms with E-state index in [2.05, 4.69) is 5.32 Å². The number of ether oxygens (including phenoxy) is 1. The van der Waals surface area contributed by atoms with Crippen LogP contribution >= 0.6 is 0 Å². The smallest absolute Gasteiger partial charge is 0.407 e. The molecule has 1 unspecified atom stereocenters. The zero-order valence-electron chi connectivity index (χ0n) is 15.1. The maximum Gasteiger partial charge on any atom is 0.407 e. The van der Waals surface area contributed by atoms with Gasteiger partial charge in [0.2, 0.25) is 0 Å². The van der Waals surface area contributed by atoms with Gasteiger partial charge in [0.1, 0.15) is 5.60 Å². The van der Waals surface area contributed by atoms with E-state index in [1.807, 2.05) is 12.1 Å². The van der Waals surface area contributed by atoms with Crippen molar-refractivity contribution in [2.75, 3.05) is 5.73 Å². The van der Waals surface area contributed by atoms with Crippen LogP contribution in [0.5, 0.6) is 0 Å². The number of alkyl carbamates (subject to hydrolysis) is 1. The van der Waals surface area contributed by atoms with Crippen molar-refractivity contribution < 1.29 is 19.4 Å². The first-order valence-corrected chi connectivity index (χ1v) is 7.96. The first-order chi connectivity index (χ1) is 10.9. The fourth-order valence-electron chi connectivity index (χ4n) is 2.29. The molecular weight excluding hydrogens is 308 g/mol. The molecule has 0 fully saturated rings. The van der Waals surface area contributed by atoms with Gasteiger partial charge in [-0.15, -0.1) is 0 Å². The molecule has 4 N–H and O–H groups in total. The highest BCUT2D eigenvalue weighted by molar-refractivity contribution is 5.74. The van der Waals surface area contributed by atoms with Crippen molar-refractivity contribution in [2.45, 2.75) is 59.1 Å². The third-order valence-corrected chi connectivity index (χ3v) is 3.52. The quantitative estimate of drug-likeness (QED) is 0.692. The molecule has 0 heterocycles. The molecule has 0 bridgehead atoms. The average Bonchev–Trinajstić information content (AvgIpc) is 2.38. The van der Waals surface area contributed by atoms with Crippen molar-refractivity contribution in [2.24, 2.45) is 5.41 Å². The number of nitrogen functional groups attached to an aromatic ring is 1. The van der Waals surface area contributed by atoms with E-state index in [1.165, 1.54) is 0 Å². The summed E-state index contributed by atoms with van der Waals surface area (Å²) in [6.45, 7) is 8.62. The van der Waals surface area contributed by atoms with Crippen LogP contribution in [0.4, 0.5) is 10.5 Å². The van der Waals surface area contributed by atoms with Gasteiger partial charge in [-0.3, -0.25) is 4.79 Å². The molecule has 1 aromatic carbocycles. The lowest BCUT2D eigenvalue weighted by Gasteiger charge is -2.28. The maximum absolute atomic E-state index is 12.1. The second kappa shape index (κ2) is 7.55. The highest BCUT2D eigenvalue weighted by atomic mass is 16.6. The molecule has 1 atom stereocenters. The Balaban J connectivity index is 2.88. The SMILES string of the molecule is CC(C)(C)OC(=O)NC(Cc1ccc(N)cc1)CC(C)(C)C(=O)O. The minimum Gasteiger partial charge on any atom is -0.481 e. The van der Waals surface area contributed by atoms with E-state index in [0.29, 0.717) is 12.1 Å². The summed E-state index contributed by atoms with van der Waals surface area (Å²) >= 11 is 0. The molecule has 6 nitrogen and oxygen atoms in total. The standard InChI is InChI=1S/C18H28N2O4/c1-17(2,3)24-16(23)20-14(11-18(4,5)15(21)22)10-12-6-8-13(19)9-7-12/h6-9,14H,10-11,19H2,1-5H3,(H,20,23)(H,21,22). The lowest BCUT2D eigenvalue weighted by atomic mass is 9.84. The van der Waals surface area contributed by atoms with Gasteiger partial charge >= 0.3 is 12.1 Å². The molecule has 1 amide bonds. The fourth-order valence-corrected chi connectivity index (χ4v) is 2.29. The summed E-state index contributed by atoms with van der Waals surface area (Å²) in [7, 11) is 0. The Morgan fingerprint density at radius 1 is 1.17 bits per heavy atom. The largest absolute Gasteiger partial charge is 0.481 e. The summed E-state index contributed by atoms with van der Waals surface area (Å²) in [6, 6.07) is 6.93. The topological polar surface area (TPSA) is 102 Å². The lowest BCUT2D eigenvalue weighted by Crippen LogP contribution is -2.43. The van der Waals surface area contributed by atoms with Crippen LogP contribution in [0.3, 0.4) is 0 Å². The Morgan fingerprint density at radius 3 is 2.17 bits per heavy atom. The Labute approximate surface area is 143 Å². The summed E-state index contributed by atoms with van der Waals surface area (Å²) < 4.78 is 5.28. The number of rotatable bonds is 6. The van der Waals surface area contributed by atoms with E-state index >= 15 is 0 Å². The molecule has 0 saturated carbocycles. The predicted molar refractivity (Wildman–Crippen MR) is 93.7 cm³/mol. The van der Waals surface area contributed by atoms with Crippen LogP contribution in [0, 0.1) is 5.41 Å². The average molecular weight is 336 g/mol. The number of aliphatic carboxylic acids is 1. The second-order valence-corrected chi connectivity index (χ2v) is 7.68. The molecule has 0 spiro atoms. The van der Waals surface area contributed by atoms with Crippen molar-refractivity contribution >= 4 is 17.7 Å². The number of nitrogens with one attached hydrogen (secondary N) is 1. The number of carboxylic acid groups (broad SMARTS) is 1. The van der Waals surface area contributed by atoms with Gasteiger partial charge in [0.05, 0.1) is 5.41 Å². The van der Waals surface area contributed by atoms with E-state index in [1.54, 1.807) is 46.8 Å². The van der Waals surface area contributed by atoms with Crippen LogP contribution in [0.1, 0.15) is 46.6 Å². The van der Waals surface area contributed by atoms with E-state index in [0.717, 1.165) is 5.56 Å². The number of hydrogen-bond acceptors (Lipinski definition) is 4. The van der Waals surface area contributed by atoms with Crippen LogP contribution in [-0.4, -0.2) is 28.8 Å². The van der Waals surface area contributed by atoms with E-state index in [4.69, 9.17) is 10.5 Å². The first kappa shape index (κ1) is 19.8. The summed E-state index contributed by atoms with van der Waals surface area (Å²) in [6.07, 6.45) is 0.228. The number of carboxylic acids is 1. The lowest BCUT2D eigenvalue weighted by molar-refractivity contribution is -0.147. The van der Waals surface area contributed by atoms with Crippen LogP contribution in [0.2, 0.25) is 0 Å². The van der Waals surface area contributed by atoms with Gasteiger partial charge in [-0.2, -0.15) is 0 Å². The Kier molecular flexibility index (Phi) is 6.23. The van der Waals surface area contributed by atoms with Crippen molar-refractivity contribution in [1.29, 1.82) is 0 Å². The molecule has 0 aliphatic heterocycles. The molecule has 1 rings (SSSR count). The molecule has 0 aliphatic rings. The highest BCUT2D eigenvalue weighted by Crippen LogP contribution is 2.25. The van der Waals surface area contributed by atoms with Gasteiger partial charge in [-0.05, 0) is 65.2 Å². The summed E-state index contributed by atoms with van der Waals surface area (Å²) in [5.41, 5.74) is 5.72. The predicted octanol–water partition coefficient (Wildman–Crippen LogP) is 3.21. The molecule has 1 aromatic rings. The fraction of sp³-hybridized carbons (Fsp3) is 0.556. The minimum absolute atomic E-state index is 0.284. The van der Waals surface area contributed by atoms with Gasteiger partial charge in [-0.25, -0.2) is 4.79 Å². The minimum atomic E-state index is -0.965. The van der Waals surface area contributed by atoms with E-state index in [-0.39, 0.29) is 12.5 Å². The molecule has 0 aromatic heterocycles. The summed E-state index contributed by atoms with van der Waals surface area (Å²) in [5, 5.41) is 12.1. The van der Waals surface area contributed by atoms with Gasteiger partial charge < -0.3 is 20.9 Å². The summed E-state index contributed by atoms with van der Waals surface area (Å²) in [4.78, 5) is 23.5. The highest BCUT2D eigenvalue weighted by Gasteiger charge is 2.32.